The van der Waals surface area contributed by atoms with Crippen molar-refractivity contribution in [3.8, 4) is 6.07 Å². The first-order valence-corrected chi connectivity index (χ1v) is 4.47. The van der Waals surface area contributed by atoms with E-state index in [1.807, 2.05) is 32.0 Å². The van der Waals surface area contributed by atoms with Crippen LogP contribution >= 0.6 is 11.8 Å². The van der Waals surface area contributed by atoms with Crippen LogP contribution in [0.25, 0.3) is 0 Å². The molecule has 0 aliphatic heterocycles. The number of nitriles is 1. The number of hydrogen-bond acceptors (Lipinski definition) is 3. The molecule has 0 unspecified atom stereocenters. The Hall–Kier alpha value is -1.01. The second kappa shape index (κ2) is 3.59. The summed E-state index contributed by atoms with van der Waals surface area (Å²) in [6.07, 6.45) is 1.73. The number of rotatable bonds is 2. The molecule has 0 aliphatic rings. The molecule has 1 aromatic rings. The van der Waals surface area contributed by atoms with Gasteiger partial charge in [-0.3, -0.25) is 0 Å². The van der Waals surface area contributed by atoms with Crippen molar-refractivity contribution < 1.29 is 0 Å². The van der Waals surface area contributed by atoms with Gasteiger partial charge in [-0.05, 0) is 26.0 Å². The molecule has 3 heteroatoms. The van der Waals surface area contributed by atoms with Crippen LogP contribution in [0.1, 0.15) is 13.8 Å². The number of aromatic nitrogens is 1. The smallest absolute Gasteiger partial charge is 0.103 e. The molecule has 0 aromatic carbocycles. The maximum atomic E-state index is 8.76. The van der Waals surface area contributed by atoms with Gasteiger partial charge in [-0.2, -0.15) is 5.26 Å². The molecule has 1 rings (SSSR count). The van der Waals surface area contributed by atoms with E-state index >= 15 is 0 Å². The first-order chi connectivity index (χ1) is 5.64. The van der Waals surface area contributed by atoms with Gasteiger partial charge in [0.2, 0.25) is 0 Å². The van der Waals surface area contributed by atoms with Crippen molar-refractivity contribution in [2.45, 2.75) is 23.6 Å². The maximum Gasteiger partial charge on any atom is 0.103 e. The van der Waals surface area contributed by atoms with E-state index in [0.717, 1.165) is 5.03 Å². The fourth-order valence-corrected chi connectivity index (χ4v) is 1.52. The summed E-state index contributed by atoms with van der Waals surface area (Å²) in [5.74, 6) is 0. The van der Waals surface area contributed by atoms with Gasteiger partial charge in [-0.1, -0.05) is 17.8 Å². The highest BCUT2D eigenvalue weighted by Gasteiger charge is 2.18. The Morgan fingerprint density at radius 1 is 1.50 bits per heavy atom. The minimum Gasteiger partial charge on any atom is -0.250 e. The van der Waals surface area contributed by atoms with Crippen molar-refractivity contribution in [3.63, 3.8) is 0 Å². The SMILES string of the molecule is CC(C)(C#N)Sc1ccccn1. The summed E-state index contributed by atoms with van der Waals surface area (Å²) < 4.78 is -0.394. The minimum absolute atomic E-state index is 0.394. The predicted molar refractivity (Wildman–Crippen MR) is 49.8 cm³/mol. The van der Waals surface area contributed by atoms with Gasteiger partial charge in [0.25, 0.3) is 0 Å². The normalized spacial score (nSPS) is 10.8. The molecule has 0 atom stereocenters. The fourth-order valence-electron chi connectivity index (χ4n) is 0.692. The van der Waals surface area contributed by atoms with Crippen LogP contribution in [0.3, 0.4) is 0 Å². The molecule has 12 heavy (non-hydrogen) atoms. The zero-order valence-corrected chi connectivity index (χ0v) is 7.93. The van der Waals surface area contributed by atoms with Crippen LogP contribution in [-0.2, 0) is 0 Å². The van der Waals surface area contributed by atoms with E-state index in [9.17, 15) is 0 Å². The molecular weight excluding hydrogens is 168 g/mol. The Kier molecular flexibility index (Phi) is 2.72. The third kappa shape index (κ3) is 2.55. The van der Waals surface area contributed by atoms with Gasteiger partial charge in [-0.15, -0.1) is 0 Å². The lowest BCUT2D eigenvalue weighted by Crippen LogP contribution is -2.10. The molecule has 62 valence electrons. The molecule has 0 spiro atoms. The van der Waals surface area contributed by atoms with Gasteiger partial charge in [0.05, 0.1) is 11.1 Å². The summed E-state index contributed by atoms with van der Waals surface area (Å²) in [7, 11) is 0. The number of thioether (sulfide) groups is 1. The summed E-state index contributed by atoms with van der Waals surface area (Å²) in [6, 6.07) is 7.90. The van der Waals surface area contributed by atoms with Crippen LogP contribution in [0.5, 0.6) is 0 Å². The molecule has 0 aliphatic carbocycles. The quantitative estimate of drug-likeness (QED) is 0.653. The Morgan fingerprint density at radius 2 is 2.25 bits per heavy atom. The second-order valence-corrected chi connectivity index (χ2v) is 4.54. The molecule has 0 radical (unpaired) electrons. The molecule has 1 heterocycles. The van der Waals surface area contributed by atoms with Crippen molar-refractivity contribution in [3.05, 3.63) is 24.4 Å². The molecule has 0 N–H and O–H groups in total. The molecular formula is C9H10N2S. The predicted octanol–water partition coefficient (Wildman–Crippen LogP) is 2.48. The van der Waals surface area contributed by atoms with E-state index in [-0.39, 0.29) is 0 Å². The van der Waals surface area contributed by atoms with Crippen LogP contribution in [0.2, 0.25) is 0 Å². The van der Waals surface area contributed by atoms with E-state index < -0.39 is 4.75 Å². The van der Waals surface area contributed by atoms with Gasteiger partial charge in [0.1, 0.15) is 4.75 Å². The van der Waals surface area contributed by atoms with Crippen molar-refractivity contribution in [2.24, 2.45) is 0 Å². The average Bonchev–Trinajstić information content (AvgIpc) is 2.06. The van der Waals surface area contributed by atoms with Gasteiger partial charge in [0.15, 0.2) is 0 Å². The molecule has 0 saturated heterocycles. The van der Waals surface area contributed by atoms with E-state index in [1.165, 1.54) is 11.8 Å². The van der Waals surface area contributed by atoms with Crippen LogP contribution in [-0.4, -0.2) is 9.73 Å². The van der Waals surface area contributed by atoms with Crippen LogP contribution in [0, 0.1) is 11.3 Å². The Bertz CT molecular complexity index is 287. The standard InChI is InChI=1S/C9H10N2S/c1-9(2,7-10)12-8-5-3-4-6-11-8/h3-6H,1-2H3. The first kappa shape index (κ1) is 9.08. The molecule has 0 fully saturated rings. The van der Waals surface area contributed by atoms with Crippen molar-refractivity contribution in [1.82, 2.24) is 4.98 Å². The minimum atomic E-state index is -0.394. The average molecular weight is 178 g/mol. The van der Waals surface area contributed by atoms with E-state index in [4.69, 9.17) is 5.26 Å². The summed E-state index contributed by atoms with van der Waals surface area (Å²) in [6.45, 7) is 3.76. The Morgan fingerprint density at radius 3 is 2.75 bits per heavy atom. The van der Waals surface area contributed by atoms with Crippen LogP contribution < -0.4 is 0 Å². The fraction of sp³-hybridized carbons (Fsp3) is 0.333. The summed E-state index contributed by atoms with van der Waals surface area (Å²) in [5, 5.41) is 9.65. The zero-order chi connectivity index (χ0) is 9.03. The van der Waals surface area contributed by atoms with Crippen LogP contribution in [0.4, 0.5) is 0 Å². The summed E-state index contributed by atoms with van der Waals surface area (Å²) in [5.41, 5.74) is 0. The Balaban J connectivity index is 2.72. The van der Waals surface area contributed by atoms with Gasteiger partial charge in [0, 0.05) is 6.20 Å². The highest BCUT2D eigenvalue weighted by atomic mass is 32.2. The molecule has 0 amide bonds. The molecule has 1 aromatic heterocycles. The van der Waals surface area contributed by atoms with Crippen LogP contribution in [0.15, 0.2) is 29.4 Å². The molecule has 2 nitrogen and oxygen atoms in total. The van der Waals surface area contributed by atoms with Crippen molar-refractivity contribution in [2.75, 3.05) is 0 Å². The maximum absolute atomic E-state index is 8.76. The van der Waals surface area contributed by atoms with E-state index in [0.29, 0.717) is 0 Å². The monoisotopic (exact) mass is 178 g/mol. The van der Waals surface area contributed by atoms with Gasteiger partial charge < -0.3 is 0 Å². The molecule has 0 bridgehead atoms. The number of nitrogens with zero attached hydrogens (tertiary/aromatic N) is 2. The summed E-state index contributed by atoms with van der Waals surface area (Å²) in [4.78, 5) is 4.12. The highest BCUT2D eigenvalue weighted by molar-refractivity contribution is 8.00. The first-order valence-electron chi connectivity index (χ1n) is 3.65. The van der Waals surface area contributed by atoms with E-state index in [2.05, 4.69) is 11.1 Å². The number of pyridine rings is 1. The third-order valence-electron chi connectivity index (χ3n) is 1.27. The number of hydrogen-bond donors (Lipinski definition) is 0. The Labute approximate surface area is 76.6 Å². The lowest BCUT2D eigenvalue weighted by molar-refractivity contribution is 0.906. The second-order valence-electron chi connectivity index (χ2n) is 2.89. The topological polar surface area (TPSA) is 36.7 Å². The van der Waals surface area contributed by atoms with E-state index in [1.54, 1.807) is 6.20 Å². The lowest BCUT2D eigenvalue weighted by atomic mass is 10.2. The molecule has 0 saturated carbocycles. The summed E-state index contributed by atoms with van der Waals surface area (Å²) >= 11 is 1.47. The zero-order valence-electron chi connectivity index (χ0n) is 7.11. The third-order valence-corrected chi connectivity index (χ3v) is 2.32. The lowest BCUT2D eigenvalue weighted by Gasteiger charge is -2.12. The van der Waals surface area contributed by atoms with Crippen molar-refractivity contribution >= 4 is 11.8 Å². The van der Waals surface area contributed by atoms with Gasteiger partial charge >= 0.3 is 0 Å². The van der Waals surface area contributed by atoms with Gasteiger partial charge in [-0.25, -0.2) is 4.98 Å². The van der Waals surface area contributed by atoms with Crippen molar-refractivity contribution in [1.29, 1.82) is 5.26 Å². The largest absolute Gasteiger partial charge is 0.250 e. The highest BCUT2D eigenvalue weighted by Crippen LogP contribution is 2.29.